The zero-order valence-corrected chi connectivity index (χ0v) is 9.27. The summed E-state index contributed by atoms with van der Waals surface area (Å²) in [5.41, 5.74) is 0.135. The molecule has 2 aromatic rings. The van der Waals surface area contributed by atoms with Crippen molar-refractivity contribution < 1.29 is 14.8 Å². The normalized spacial score (nSPS) is 10.3. The molecule has 8 nitrogen and oxygen atoms in total. The summed E-state index contributed by atoms with van der Waals surface area (Å²) in [7, 11) is 0. The van der Waals surface area contributed by atoms with Crippen molar-refractivity contribution in [2.75, 3.05) is 0 Å². The number of carboxylic acid groups (broad SMARTS) is 1. The summed E-state index contributed by atoms with van der Waals surface area (Å²) in [4.78, 5) is 25.0. The van der Waals surface area contributed by atoms with E-state index in [1.54, 1.807) is 6.92 Å². The molecule has 0 aliphatic heterocycles. The molecule has 0 spiro atoms. The largest absolute Gasteiger partial charge is 0.476 e. The summed E-state index contributed by atoms with van der Waals surface area (Å²) in [6.07, 6.45) is 1.32. The Bertz CT molecular complexity index is 635. The van der Waals surface area contributed by atoms with E-state index in [1.807, 2.05) is 0 Å². The Morgan fingerprint density at radius 1 is 1.44 bits per heavy atom. The average molecular weight is 248 g/mol. The molecule has 0 aromatic carbocycles. The minimum absolute atomic E-state index is 0.00694. The van der Waals surface area contributed by atoms with Crippen LogP contribution in [0, 0.1) is 17.0 Å². The van der Waals surface area contributed by atoms with Gasteiger partial charge in [0.2, 0.25) is 5.82 Å². The van der Waals surface area contributed by atoms with Crippen molar-refractivity contribution in [2.45, 2.75) is 6.92 Å². The summed E-state index contributed by atoms with van der Waals surface area (Å²) in [6, 6.07) is 4.05. The third kappa shape index (κ3) is 2.03. The van der Waals surface area contributed by atoms with Crippen molar-refractivity contribution in [3.8, 4) is 5.82 Å². The summed E-state index contributed by atoms with van der Waals surface area (Å²) in [5.74, 6) is -1.21. The molecule has 0 radical (unpaired) electrons. The van der Waals surface area contributed by atoms with Gasteiger partial charge in [0.15, 0.2) is 5.69 Å². The second-order valence-corrected chi connectivity index (χ2v) is 3.50. The van der Waals surface area contributed by atoms with E-state index >= 15 is 0 Å². The van der Waals surface area contributed by atoms with Crippen molar-refractivity contribution in [1.29, 1.82) is 0 Å². The number of carboxylic acids is 1. The van der Waals surface area contributed by atoms with Crippen LogP contribution < -0.4 is 0 Å². The summed E-state index contributed by atoms with van der Waals surface area (Å²) >= 11 is 0. The zero-order valence-electron chi connectivity index (χ0n) is 9.27. The fourth-order valence-corrected chi connectivity index (χ4v) is 1.40. The molecule has 18 heavy (non-hydrogen) atoms. The van der Waals surface area contributed by atoms with Gasteiger partial charge in [-0.25, -0.2) is 14.5 Å². The van der Waals surface area contributed by atoms with Crippen molar-refractivity contribution in [3.05, 3.63) is 45.9 Å². The van der Waals surface area contributed by atoms with E-state index in [0.29, 0.717) is 5.69 Å². The van der Waals surface area contributed by atoms with Crippen molar-refractivity contribution >= 4 is 11.7 Å². The van der Waals surface area contributed by atoms with Crippen LogP contribution >= 0.6 is 0 Å². The highest BCUT2D eigenvalue weighted by molar-refractivity contribution is 5.85. The average Bonchev–Trinajstić information content (AvgIpc) is 2.77. The zero-order chi connectivity index (χ0) is 13.3. The van der Waals surface area contributed by atoms with Gasteiger partial charge in [-0.1, -0.05) is 0 Å². The van der Waals surface area contributed by atoms with Gasteiger partial charge in [-0.15, -0.1) is 0 Å². The Balaban J connectivity index is 2.57. The quantitative estimate of drug-likeness (QED) is 0.644. The Hall–Kier alpha value is -2.77. The maximum atomic E-state index is 10.9. The van der Waals surface area contributed by atoms with E-state index in [-0.39, 0.29) is 17.2 Å². The lowest BCUT2D eigenvalue weighted by Gasteiger charge is -2.02. The highest BCUT2D eigenvalue weighted by Gasteiger charge is 2.19. The number of nitro groups is 1. The van der Waals surface area contributed by atoms with Crippen LogP contribution in [-0.2, 0) is 0 Å². The van der Waals surface area contributed by atoms with Gasteiger partial charge in [0.25, 0.3) is 0 Å². The molecular formula is C10H8N4O4. The maximum absolute atomic E-state index is 10.9. The van der Waals surface area contributed by atoms with Crippen molar-refractivity contribution in [3.63, 3.8) is 0 Å². The molecule has 2 rings (SSSR count). The number of aromatic nitrogens is 3. The van der Waals surface area contributed by atoms with Crippen LogP contribution in [0.3, 0.4) is 0 Å². The van der Waals surface area contributed by atoms with Gasteiger partial charge < -0.3 is 5.11 Å². The molecule has 92 valence electrons. The fraction of sp³-hybridized carbons (Fsp3) is 0.100. The molecular weight excluding hydrogens is 240 g/mol. The fourth-order valence-electron chi connectivity index (χ4n) is 1.40. The Kier molecular flexibility index (Phi) is 2.76. The number of aryl methyl sites for hydroxylation is 1. The van der Waals surface area contributed by atoms with Gasteiger partial charge in [0.05, 0.1) is 4.92 Å². The van der Waals surface area contributed by atoms with Crippen LogP contribution in [0.25, 0.3) is 5.82 Å². The first kappa shape index (κ1) is 11.7. The molecule has 0 fully saturated rings. The van der Waals surface area contributed by atoms with E-state index in [0.717, 1.165) is 4.68 Å². The first-order chi connectivity index (χ1) is 8.49. The van der Waals surface area contributed by atoms with E-state index in [1.165, 1.54) is 24.4 Å². The number of nitrogens with zero attached hydrogens (tertiary/aromatic N) is 4. The molecule has 1 N–H and O–H groups in total. The predicted octanol–water partition coefficient (Wildman–Crippen LogP) is 1.18. The van der Waals surface area contributed by atoms with E-state index in [2.05, 4.69) is 10.1 Å². The highest BCUT2D eigenvalue weighted by Crippen LogP contribution is 2.20. The SMILES string of the molecule is Cc1ccc([N+](=O)[O-])c(-n2ccc(C(=O)O)n2)n1. The molecule has 2 heterocycles. The van der Waals surface area contributed by atoms with Crippen LogP contribution in [0.5, 0.6) is 0 Å². The van der Waals surface area contributed by atoms with E-state index in [9.17, 15) is 14.9 Å². The third-order valence-corrected chi connectivity index (χ3v) is 2.22. The second kappa shape index (κ2) is 4.24. The second-order valence-electron chi connectivity index (χ2n) is 3.50. The molecule has 0 aliphatic rings. The summed E-state index contributed by atoms with van der Waals surface area (Å²) < 4.78 is 1.08. The molecule has 0 aliphatic carbocycles. The highest BCUT2D eigenvalue weighted by atomic mass is 16.6. The molecule has 0 unspecified atom stereocenters. The Morgan fingerprint density at radius 2 is 2.17 bits per heavy atom. The molecule has 0 bridgehead atoms. The number of hydrogen-bond donors (Lipinski definition) is 1. The smallest absolute Gasteiger partial charge is 0.356 e. The molecule has 0 saturated carbocycles. The van der Waals surface area contributed by atoms with Crippen molar-refractivity contribution in [2.24, 2.45) is 0 Å². The van der Waals surface area contributed by atoms with Crippen LogP contribution in [0.15, 0.2) is 24.4 Å². The third-order valence-electron chi connectivity index (χ3n) is 2.22. The lowest BCUT2D eigenvalue weighted by Crippen LogP contribution is -2.06. The topological polar surface area (TPSA) is 111 Å². The number of rotatable bonds is 3. The Labute approximate surface area is 101 Å². The summed E-state index contributed by atoms with van der Waals surface area (Å²) in [5, 5.41) is 23.3. The van der Waals surface area contributed by atoms with Gasteiger partial charge in [-0.3, -0.25) is 10.1 Å². The molecule has 0 amide bonds. The predicted molar refractivity (Wildman–Crippen MR) is 59.7 cm³/mol. The van der Waals surface area contributed by atoms with Crippen LogP contribution in [-0.4, -0.2) is 30.8 Å². The van der Waals surface area contributed by atoms with Gasteiger partial charge in [-0.2, -0.15) is 5.10 Å². The van der Waals surface area contributed by atoms with Gasteiger partial charge >= 0.3 is 11.7 Å². The van der Waals surface area contributed by atoms with Crippen molar-refractivity contribution in [1.82, 2.24) is 14.8 Å². The number of hydrogen-bond acceptors (Lipinski definition) is 5. The lowest BCUT2D eigenvalue weighted by atomic mass is 10.3. The Morgan fingerprint density at radius 3 is 2.72 bits per heavy atom. The monoisotopic (exact) mass is 248 g/mol. The first-order valence-electron chi connectivity index (χ1n) is 4.90. The molecule has 8 heteroatoms. The first-order valence-corrected chi connectivity index (χ1v) is 4.90. The van der Waals surface area contributed by atoms with Crippen LogP contribution in [0.1, 0.15) is 16.2 Å². The number of pyridine rings is 1. The summed E-state index contributed by atoms with van der Waals surface area (Å²) in [6.45, 7) is 1.68. The molecule has 0 atom stereocenters. The van der Waals surface area contributed by atoms with Crippen LogP contribution in [0.2, 0.25) is 0 Å². The minimum atomic E-state index is -1.20. The number of carbonyl (C=O) groups is 1. The maximum Gasteiger partial charge on any atom is 0.356 e. The van der Waals surface area contributed by atoms with E-state index in [4.69, 9.17) is 5.11 Å². The van der Waals surface area contributed by atoms with E-state index < -0.39 is 10.9 Å². The minimum Gasteiger partial charge on any atom is -0.476 e. The van der Waals surface area contributed by atoms with Gasteiger partial charge in [0, 0.05) is 18.0 Å². The van der Waals surface area contributed by atoms with Gasteiger partial charge in [0.1, 0.15) is 0 Å². The molecule has 2 aromatic heterocycles. The van der Waals surface area contributed by atoms with Crippen LogP contribution in [0.4, 0.5) is 5.69 Å². The standard InChI is InChI=1S/C10H8N4O4/c1-6-2-3-8(14(17)18)9(11-6)13-5-4-7(12-13)10(15)16/h2-5H,1H3,(H,15,16). The lowest BCUT2D eigenvalue weighted by molar-refractivity contribution is -0.385. The number of aromatic carboxylic acids is 1. The molecule has 0 saturated heterocycles. The van der Waals surface area contributed by atoms with Gasteiger partial charge in [-0.05, 0) is 19.1 Å².